The van der Waals surface area contributed by atoms with Crippen LogP contribution in [-0.2, 0) is 14.4 Å². The molecule has 1 saturated carbocycles. The van der Waals surface area contributed by atoms with Gasteiger partial charge in [0.25, 0.3) is 5.92 Å². The molecule has 1 aliphatic carbocycles. The van der Waals surface area contributed by atoms with E-state index in [9.17, 15) is 23.2 Å². The van der Waals surface area contributed by atoms with E-state index < -0.39 is 41.5 Å². The van der Waals surface area contributed by atoms with E-state index in [1.54, 1.807) is 0 Å². The Balaban J connectivity index is 1.91. The Morgan fingerprint density at radius 1 is 1.36 bits per heavy atom. The number of aliphatic carboxylic acids is 1. The third-order valence-electron chi connectivity index (χ3n) is 4.57. The third-order valence-corrected chi connectivity index (χ3v) is 4.57. The molecule has 2 atom stereocenters. The molecule has 2 unspecified atom stereocenters. The highest BCUT2D eigenvalue weighted by Crippen LogP contribution is 2.60. The molecule has 0 aromatic heterocycles. The van der Waals surface area contributed by atoms with Crippen LogP contribution in [0.2, 0.25) is 0 Å². The van der Waals surface area contributed by atoms with Gasteiger partial charge in [-0.05, 0) is 19.8 Å². The van der Waals surface area contributed by atoms with E-state index in [0.29, 0.717) is 19.4 Å². The zero-order chi connectivity index (χ0) is 16.7. The number of rotatable bonds is 4. The van der Waals surface area contributed by atoms with Crippen molar-refractivity contribution in [2.24, 2.45) is 11.3 Å². The van der Waals surface area contributed by atoms with E-state index >= 15 is 0 Å². The zero-order valence-corrected chi connectivity index (χ0v) is 12.6. The van der Waals surface area contributed by atoms with Gasteiger partial charge in [-0.2, -0.15) is 0 Å². The number of carbonyl (C=O) groups excluding carboxylic acids is 2. The van der Waals surface area contributed by atoms with Crippen LogP contribution in [-0.4, -0.2) is 65.3 Å². The molecule has 0 radical (unpaired) electrons. The van der Waals surface area contributed by atoms with E-state index in [1.165, 1.54) is 18.9 Å². The summed E-state index contributed by atoms with van der Waals surface area (Å²) < 4.78 is 26.4. The Labute approximate surface area is 127 Å². The number of nitrogens with zero attached hydrogens (tertiary/aromatic N) is 2. The number of carbonyl (C=O) groups is 3. The van der Waals surface area contributed by atoms with E-state index in [4.69, 9.17) is 5.11 Å². The first kappa shape index (κ1) is 16.6. The summed E-state index contributed by atoms with van der Waals surface area (Å²) in [6.45, 7) is 1.41. The van der Waals surface area contributed by atoms with Crippen molar-refractivity contribution in [3.63, 3.8) is 0 Å². The minimum absolute atomic E-state index is 0.101. The second-order valence-electron chi connectivity index (χ2n) is 6.39. The fourth-order valence-corrected chi connectivity index (χ4v) is 2.83. The van der Waals surface area contributed by atoms with Crippen molar-refractivity contribution in [2.45, 2.75) is 32.1 Å². The lowest BCUT2D eigenvalue weighted by molar-refractivity contribution is -0.149. The van der Waals surface area contributed by atoms with Gasteiger partial charge in [0.2, 0.25) is 11.8 Å². The second-order valence-corrected chi connectivity index (χ2v) is 6.39. The van der Waals surface area contributed by atoms with Gasteiger partial charge in [0.15, 0.2) is 0 Å². The van der Waals surface area contributed by atoms with Gasteiger partial charge in [0.05, 0.1) is 12.5 Å². The van der Waals surface area contributed by atoms with E-state index in [2.05, 4.69) is 0 Å². The highest BCUT2D eigenvalue weighted by molar-refractivity contribution is 5.90. The number of carboxylic acids is 1. The minimum atomic E-state index is -3.01. The summed E-state index contributed by atoms with van der Waals surface area (Å²) in [4.78, 5) is 37.5. The molecule has 2 rings (SSSR count). The normalized spacial score (nSPS) is 29.8. The second kappa shape index (κ2) is 5.48. The van der Waals surface area contributed by atoms with Crippen molar-refractivity contribution in [3.8, 4) is 0 Å². The van der Waals surface area contributed by atoms with Crippen LogP contribution in [0.25, 0.3) is 0 Å². The highest BCUT2D eigenvalue weighted by atomic mass is 19.3. The van der Waals surface area contributed by atoms with Crippen molar-refractivity contribution < 1.29 is 28.3 Å². The Bertz CT molecular complexity index is 511. The predicted molar refractivity (Wildman–Crippen MR) is 72.2 cm³/mol. The summed E-state index contributed by atoms with van der Waals surface area (Å²) in [5.74, 6) is -5.73. The SMILES string of the molecule is CN(CC(=O)N1CCCC(C(=O)O)C1)C(=O)C1(C)CC1(F)F. The maximum Gasteiger partial charge on any atom is 0.308 e. The molecule has 2 fully saturated rings. The Hall–Kier alpha value is -1.73. The molecule has 8 heteroatoms. The van der Waals surface area contributed by atoms with Gasteiger partial charge in [-0.15, -0.1) is 0 Å². The molecule has 6 nitrogen and oxygen atoms in total. The molecule has 0 aromatic rings. The number of likely N-dealkylation sites (tertiary alicyclic amines) is 1. The monoisotopic (exact) mass is 318 g/mol. The summed E-state index contributed by atoms with van der Waals surface area (Å²) in [5, 5.41) is 8.99. The third kappa shape index (κ3) is 2.91. The van der Waals surface area contributed by atoms with Gasteiger partial charge in [0, 0.05) is 26.6 Å². The van der Waals surface area contributed by atoms with Crippen LogP contribution in [0, 0.1) is 11.3 Å². The van der Waals surface area contributed by atoms with Crippen LogP contribution in [0.5, 0.6) is 0 Å². The zero-order valence-electron chi connectivity index (χ0n) is 12.6. The van der Waals surface area contributed by atoms with Gasteiger partial charge in [-0.25, -0.2) is 8.78 Å². The van der Waals surface area contributed by atoms with Gasteiger partial charge in [0.1, 0.15) is 5.41 Å². The number of alkyl halides is 2. The minimum Gasteiger partial charge on any atom is -0.481 e. The molecule has 0 aromatic carbocycles. The molecule has 22 heavy (non-hydrogen) atoms. The van der Waals surface area contributed by atoms with E-state index in [0.717, 1.165) is 4.90 Å². The van der Waals surface area contributed by atoms with Crippen molar-refractivity contribution in [1.82, 2.24) is 9.80 Å². The van der Waals surface area contributed by atoms with Crippen molar-refractivity contribution in [1.29, 1.82) is 0 Å². The van der Waals surface area contributed by atoms with Crippen LogP contribution in [0.3, 0.4) is 0 Å². The molecule has 2 amide bonds. The highest BCUT2D eigenvalue weighted by Gasteiger charge is 2.73. The first-order chi connectivity index (χ1) is 10.1. The van der Waals surface area contributed by atoms with Crippen molar-refractivity contribution in [2.75, 3.05) is 26.7 Å². The van der Waals surface area contributed by atoms with Crippen LogP contribution in [0.15, 0.2) is 0 Å². The Kier molecular flexibility index (Phi) is 4.14. The van der Waals surface area contributed by atoms with Gasteiger partial charge in [-0.1, -0.05) is 0 Å². The van der Waals surface area contributed by atoms with Crippen LogP contribution < -0.4 is 0 Å². The lowest BCUT2D eigenvalue weighted by Crippen LogP contribution is -2.48. The summed E-state index contributed by atoms with van der Waals surface area (Å²) in [7, 11) is 1.32. The number of piperidine rings is 1. The molecule has 2 aliphatic rings. The van der Waals surface area contributed by atoms with E-state index in [-0.39, 0.29) is 13.1 Å². The summed E-state index contributed by atoms with van der Waals surface area (Å²) in [6.07, 6.45) is 0.594. The lowest BCUT2D eigenvalue weighted by Gasteiger charge is -2.32. The molecule has 1 aliphatic heterocycles. The molecular weight excluding hydrogens is 298 g/mol. The summed E-state index contributed by atoms with van der Waals surface area (Å²) >= 11 is 0. The van der Waals surface area contributed by atoms with Crippen LogP contribution in [0.4, 0.5) is 8.78 Å². The predicted octanol–water partition coefficient (Wildman–Crippen LogP) is 0.813. The van der Waals surface area contributed by atoms with Gasteiger partial charge >= 0.3 is 5.97 Å². The van der Waals surface area contributed by atoms with Gasteiger partial charge < -0.3 is 14.9 Å². The first-order valence-corrected chi connectivity index (χ1v) is 7.22. The maximum atomic E-state index is 13.2. The smallest absolute Gasteiger partial charge is 0.308 e. The number of likely N-dealkylation sites (N-methyl/N-ethyl adjacent to an activating group) is 1. The number of carboxylic acid groups (broad SMARTS) is 1. The number of amides is 2. The molecule has 1 N–H and O–H groups in total. The standard InChI is InChI=1S/C14H20F2N2O4/c1-13(8-14(13,15)16)12(22)17(2)7-10(19)18-5-3-4-9(6-18)11(20)21/h9H,3-8H2,1-2H3,(H,20,21). The van der Waals surface area contributed by atoms with Crippen molar-refractivity contribution in [3.05, 3.63) is 0 Å². The molecule has 124 valence electrons. The Morgan fingerprint density at radius 3 is 2.45 bits per heavy atom. The van der Waals surface area contributed by atoms with Crippen LogP contribution in [0.1, 0.15) is 26.2 Å². The number of hydrogen-bond acceptors (Lipinski definition) is 3. The average Bonchev–Trinajstić information content (AvgIpc) is 2.97. The van der Waals surface area contributed by atoms with Crippen molar-refractivity contribution >= 4 is 17.8 Å². The fraction of sp³-hybridized carbons (Fsp3) is 0.786. The summed E-state index contributed by atoms with van der Waals surface area (Å²) in [6, 6.07) is 0. The number of halogens is 2. The fourth-order valence-electron chi connectivity index (χ4n) is 2.83. The average molecular weight is 318 g/mol. The molecule has 1 heterocycles. The lowest BCUT2D eigenvalue weighted by atomic mass is 9.98. The van der Waals surface area contributed by atoms with Crippen LogP contribution >= 0.6 is 0 Å². The van der Waals surface area contributed by atoms with E-state index in [1.807, 2.05) is 0 Å². The largest absolute Gasteiger partial charge is 0.481 e. The molecular formula is C14H20F2N2O4. The number of hydrogen-bond donors (Lipinski definition) is 1. The topological polar surface area (TPSA) is 77.9 Å². The summed E-state index contributed by atoms with van der Waals surface area (Å²) in [5.41, 5.74) is -1.71. The van der Waals surface area contributed by atoms with Gasteiger partial charge in [-0.3, -0.25) is 14.4 Å². The first-order valence-electron chi connectivity index (χ1n) is 7.22. The maximum absolute atomic E-state index is 13.2. The molecule has 1 saturated heterocycles. The quantitative estimate of drug-likeness (QED) is 0.832. The molecule has 0 bridgehead atoms. The Morgan fingerprint density at radius 2 is 1.95 bits per heavy atom. The molecule has 0 spiro atoms.